The monoisotopic (exact) mass is 716 g/mol. The number of hydrogen-bond acceptors (Lipinski definition) is 0. The quantitative estimate of drug-likeness (QED) is 0.150. The lowest BCUT2D eigenvalue weighted by Crippen LogP contribution is -2.03. The van der Waals surface area contributed by atoms with Gasteiger partial charge in [0.2, 0.25) is 0 Å². The fraction of sp³-hybridized carbons (Fsp3) is 0.0357. The van der Waals surface area contributed by atoms with E-state index in [0.29, 0.717) is 0 Å². The van der Waals surface area contributed by atoms with Crippen molar-refractivity contribution in [3.63, 3.8) is 0 Å². The maximum absolute atomic E-state index is 2.35. The third-order valence-electron chi connectivity index (χ3n) is 10.3. The average Bonchev–Trinajstić information content (AvgIpc) is 3.26. The highest BCUT2D eigenvalue weighted by Gasteiger charge is 2.16. The lowest BCUT2D eigenvalue weighted by atomic mass is 9.84. The van der Waals surface area contributed by atoms with Crippen molar-refractivity contribution in [3.05, 3.63) is 277 Å². The zero-order valence-corrected chi connectivity index (χ0v) is 31.5. The van der Waals surface area contributed by atoms with Crippen molar-refractivity contribution < 1.29 is 0 Å². The predicted molar refractivity (Wildman–Crippen MR) is 242 cm³/mol. The molecule has 0 radical (unpaired) electrons. The van der Waals surface area contributed by atoms with Crippen LogP contribution in [0.5, 0.6) is 0 Å². The summed E-state index contributed by atoms with van der Waals surface area (Å²) in [5.74, 6) is 0.0934. The first-order valence-electron chi connectivity index (χ1n) is 19.4. The van der Waals surface area contributed by atoms with Gasteiger partial charge in [-0.05, 0) is 108 Å². The fourth-order valence-corrected chi connectivity index (χ4v) is 7.44. The standard InChI is InChI=1S/C56H44/c1-2-4-10-30-48(52-35-21-34-47(38-52)43-22-11-5-12-23-43)39-50(53-36-37-54-40-49-32-19-20-33-51(49)41-55(54)42-53)31-18-8-17-29-44(24-9-3-1)56(45-25-13-6-14-26-45)46-27-15-7-16-28-46/h1-9,11-42,56H,10H2/b3-1+,4-2+,17-8-,24-9-,31-18+,44-29+,48-30+,50-39-. The van der Waals surface area contributed by atoms with E-state index in [2.05, 4.69) is 249 Å². The van der Waals surface area contributed by atoms with E-state index in [1.165, 1.54) is 66.1 Å². The van der Waals surface area contributed by atoms with E-state index in [4.69, 9.17) is 0 Å². The summed E-state index contributed by atoms with van der Waals surface area (Å²) in [5, 5.41) is 4.97. The Balaban J connectivity index is 1.24. The van der Waals surface area contributed by atoms with Crippen LogP contribution in [0.4, 0.5) is 0 Å². The number of rotatable bonds is 6. The molecule has 7 aromatic rings. The smallest absolute Gasteiger partial charge is 0.0339 e. The van der Waals surface area contributed by atoms with Gasteiger partial charge >= 0.3 is 0 Å². The summed E-state index contributed by atoms with van der Waals surface area (Å²) >= 11 is 0. The lowest BCUT2D eigenvalue weighted by Gasteiger charge is -2.19. The molecule has 0 bridgehead atoms. The molecule has 0 atom stereocenters. The maximum atomic E-state index is 2.35. The molecule has 1 aliphatic carbocycles. The van der Waals surface area contributed by atoms with Crippen molar-refractivity contribution in [3.8, 4) is 11.1 Å². The summed E-state index contributed by atoms with van der Waals surface area (Å²) in [4.78, 5) is 0. The topological polar surface area (TPSA) is 0 Å². The minimum atomic E-state index is 0.0934. The minimum absolute atomic E-state index is 0.0934. The molecule has 0 spiro atoms. The van der Waals surface area contributed by atoms with Crippen LogP contribution >= 0.6 is 0 Å². The van der Waals surface area contributed by atoms with E-state index in [1.807, 2.05) is 0 Å². The molecule has 0 aliphatic heterocycles. The zero-order chi connectivity index (χ0) is 37.8. The van der Waals surface area contributed by atoms with E-state index >= 15 is 0 Å². The maximum Gasteiger partial charge on any atom is 0.0339 e. The molecule has 0 aromatic heterocycles. The van der Waals surface area contributed by atoms with E-state index in [0.717, 1.165) is 12.0 Å². The van der Waals surface area contributed by atoms with Crippen LogP contribution in [0.25, 0.3) is 43.8 Å². The molecule has 0 heteroatoms. The first kappa shape index (κ1) is 36.0. The van der Waals surface area contributed by atoms with Gasteiger partial charge in [-0.3, -0.25) is 0 Å². The molecule has 56 heavy (non-hydrogen) atoms. The van der Waals surface area contributed by atoms with Crippen LogP contribution in [0.15, 0.2) is 254 Å². The summed E-state index contributed by atoms with van der Waals surface area (Å²) in [6, 6.07) is 61.1. The minimum Gasteiger partial charge on any atom is -0.0807 e. The summed E-state index contributed by atoms with van der Waals surface area (Å²) in [7, 11) is 0. The van der Waals surface area contributed by atoms with Gasteiger partial charge in [0.25, 0.3) is 0 Å². The van der Waals surface area contributed by atoms with Gasteiger partial charge in [-0.15, -0.1) is 0 Å². The Morgan fingerprint density at radius 2 is 0.929 bits per heavy atom. The van der Waals surface area contributed by atoms with Gasteiger partial charge in [0.05, 0.1) is 0 Å². The Hall–Kier alpha value is -7.02. The Kier molecular flexibility index (Phi) is 11.5. The third-order valence-corrected chi connectivity index (χ3v) is 10.3. The Morgan fingerprint density at radius 3 is 1.68 bits per heavy atom. The largest absolute Gasteiger partial charge is 0.0807 e. The molecular formula is C56H44. The van der Waals surface area contributed by atoms with Crippen LogP contribution in [-0.4, -0.2) is 0 Å². The van der Waals surface area contributed by atoms with Gasteiger partial charge in [-0.1, -0.05) is 219 Å². The van der Waals surface area contributed by atoms with E-state index < -0.39 is 0 Å². The summed E-state index contributed by atoms with van der Waals surface area (Å²) in [6.45, 7) is 0. The molecule has 0 amide bonds. The van der Waals surface area contributed by atoms with E-state index in [1.54, 1.807) is 0 Å². The highest BCUT2D eigenvalue weighted by atomic mass is 14.2. The van der Waals surface area contributed by atoms with Gasteiger partial charge in [0.15, 0.2) is 0 Å². The molecule has 0 heterocycles. The first-order chi connectivity index (χ1) is 27.8. The normalized spacial score (nSPS) is 19.4. The Morgan fingerprint density at radius 1 is 0.357 bits per heavy atom. The highest BCUT2D eigenvalue weighted by Crippen LogP contribution is 2.34. The molecule has 0 N–H and O–H groups in total. The molecule has 0 unspecified atom stereocenters. The molecular weight excluding hydrogens is 673 g/mol. The fourth-order valence-electron chi connectivity index (χ4n) is 7.44. The van der Waals surface area contributed by atoms with E-state index in [9.17, 15) is 0 Å². The third kappa shape index (κ3) is 8.84. The molecule has 0 fully saturated rings. The number of benzene rings is 7. The Labute approximate surface area is 331 Å². The molecule has 7 aromatic carbocycles. The molecule has 8 rings (SSSR count). The van der Waals surface area contributed by atoms with Crippen molar-refractivity contribution in [1.29, 1.82) is 0 Å². The van der Waals surface area contributed by atoms with Gasteiger partial charge in [0, 0.05) is 5.92 Å². The van der Waals surface area contributed by atoms with Gasteiger partial charge < -0.3 is 0 Å². The van der Waals surface area contributed by atoms with Crippen molar-refractivity contribution >= 4 is 32.7 Å². The van der Waals surface area contributed by atoms with Crippen LogP contribution in [0, 0.1) is 0 Å². The van der Waals surface area contributed by atoms with Crippen LogP contribution in [0.1, 0.15) is 34.6 Å². The van der Waals surface area contributed by atoms with Crippen LogP contribution in [0.2, 0.25) is 0 Å². The lowest BCUT2D eigenvalue weighted by molar-refractivity contribution is 0.977. The van der Waals surface area contributed by atoms with Gasteiger partial charge in [-0.25, -0.2) is 0 Å². The number of hydrogen-bond donors (Lipinski definition) is 0. The second-order valence-corrected chi connectivity index (χ2v) is 14.0. The summed E-state index contributed by atoms with van der Waals surface area (Å²) < 4.78 is 0. The SMILES string of the molecule is C1=C\C(C(c2ccccc2)c2ccccc2)=C/C=C\C=C\C(c2ccc3cc4ccccc4cc3c2)=C\C(c2cccc(-c3ccccc3)c2)=C/C/C=C/C=C/1. The van der Waals surface area contributed by atoms with Crippen LogP contribution in [0.3, 0.4) is 0 Å². The molecule has 1 aliphatic rings. The van der Waals surface area contributed by atoms with Crippen molar-refractivity contribution in [2.45, 2.75) is 12.3 Å². The number of allylic oxidation sites excluding steroid dienone is 16. The summed E-state index contributed by atoms with van der Waals surface area (Å²) in [6.07, 6.45) is 29.5. The molecule has 0 nitrogen and oxygen atoms in total. The molecule has 0 saturated heterocycles. The number of fused-ring (bicyclic) bond motifs is 2. The predicted octanol–water partition coefficient (Wildman–Crippen LogP) is 15.1. The second-order valence-electron chi connectivity index (χ2n) is 14.0. The van der Waals surface area contributed by atoms with Crippen LogP contribution in [-0.2, 0) is 0 Å². The van der Waals surface area contributed by atoms with Crippen molar-refractivity contribution in [2.75, 3.05) is 0 Å². The highest BCUT2D eigenvalue weighted by molar-refractivity contribution is 6.00. The molecule has 0 saturated carbocycles. The second kappa shape index (κ2) is 17.9. The van der Waals surface area contributed by atoms with Crippen LogP contribution < -0.4 is 0 Å². The van der Waals surface area contributed by atoms with Crippen molar-refractivity contribution in [2.24, 2.45) is 0 Å². The van der Waals surface area contributed by atoms with E-state index in [-0.39, 0.29) is 5.92 Å². The zero-order valence-electron chi connectivity index (χ0n) is 31.5. The van der Waals surface area contributed by atoms with Gasteiger partial charge in [-0.2, -0.15) is 0 Å². The molecule has 268 valence electrons. The van der Waals surface area contributed by atoms with Crippen molar-refractivity contribution in [1.82, 2.24) is 0 Å². The van der Waals surface area contributed by atoms with Gasteiger partial charge in [0.1, 0.15) is 0 Å². The average molecular weight is 717 g/mol. The Bertz CT molecular complexity index is 2640. The first-order valence-corrected chi connectivity index (χ1v) is 19.4. The summed E-state index contributed by atoms with van der Waals surface area (Å²) in [5.41, 5.74) is 10.8.